The fourth-order valence-electron chi connectivity index (χ4n) is 4.31. The first kappa shape index (κ1) is 19.5. The van der Waals surface area contributed by atoms with Crippen LogP contribution in [0.5, 0.6) is 0 Å². The zero-order chi connectivity index (χ0) is 19.4. The summed E-state index contributed by atoms with van der Waals surface area (Å²) in [6.45, 7) is 3.03. The van der Waals surface area contributed by atoms with Gasteiger partial charge in [0.2, 0.25) is 5.89 Å². The molecule has 4 rings (SSSR count). The molecule has 7 heteroatoms. The largest absolute Gasteiger partial charge is 0.393 e. The van der Waals surface area contributed by atoms with Crippen LogP contribution in [0, 0.1) is 0 Å². The van der Waals surface area contributed by atoms with Crippen molar-refractivity contribution in [2.45, 2.75) is 56.5 Å². The second-order valence-corrected chi connectivity index (χ2v) is 7.92. The molecule has 1 aromatic carbocycles. The van der Waals surface area contributed by atoms with E-state index in [9.17, 15) is 5.11 Å². The molecular formula is C21H29N3O4. The van der Waals surface area contributed by atoms with E-state index < -0.39 is 0 Å². The van der Waals surface area contributed by atoms with Crippen molar-refractivity contribution in [1.29, 1.82) is 0 Å². The van der Waals surface area contributed by atoms with Gasteiger partial charge in [-0.3, -0.25) is 4.90 Å². The molecule has 1 aromatic heterocycles. The van der Waals surface area contributed by atoms with Gasteiger partial charge in [0.15, 0.2) is 5.82 Å². The summed E-state index contributed by atoms with van der Waals surface area (Å²) in [4.78, 5) is 6.76. The molecule has 7 nitrogen and oxygen atoms in total. The molecule has 2 aromatic rings. The first-order valence-corrected chi connectivity index (χ1v) is 10.1. The fourth-order valence-corrected chi connectivity index (χ4v) is 4.31. The van der Waals surface area contributed by atoms with Crippen LogP contribution in [-0.2, 0) is 22.4 Å². The van der Waals surface area contributed by atoms with E-state index in [0.29, 0.717) is 44.1 Å². The average Bonchev–Trinajstić information content (AvgIpc) is 3.16. The standard InChI is InChI=1S/C21H29N3O4/c1-26-12-7-19-22-20(28-23-19)15-24-10-8-21(9-11-24)14-17(25)13-18(27-21)16-5-3-2-4-6-16/h2-6,17-18,25H,7-15H2,1H3/t17-,18-/m1/s1. The molecule has 0 saturated carbocycles. The molecule has 0 radical (unpaired) electrons. The minimum atomic E-state index is -0.315. The van der Waals surface area contributed by atoms with Crippen LogP contribution in [0.3, 0.4) is 0 Å². The van der Waals surface area contributed by atoms with Gasteiger partial charge >= 0.3 is 0 Å². The van der Waals surface area contributed by atoms with Crippen molar-refractivity contribution in [3.05, 3.63) is 47.6 Å². The maximum absolute atomic E-state index is 10.5. The first-order valence-electron chi connectivity index (χ1n) is 10.1. The quantitative estimate of drug-likeness (QED) is 0.816. The van der Waals surface area contributed by atoms with Gasteiger partial charge in [-0.2, -0.15) is 4.98 Å². The Kier molecular flexibility index (Phi) is 6.06. The molecule has 2 aliphatic rings. The number of aromatic nitrogens is 2. The van der Waals surface area contributed by atoms with Crippen molar-refractivity contribution < 1.29 is 19.1 Å². The molecular weight excluding hydrogens is 358 g/mol. The van der Waals surface area contributed by atoms with Crippen molar-refractivity contribution in [2.24, 2.45) is 0 Å². The fraction of sp³-hybridized carbons (Fsp3) is 0.619. The lowest BCUT2D eigenvalue weighted by molar-refractivity contribution is -0.185. The second-order valence-electron chi connectivity index (χ2n) is 7.92. The molecule has 28 heavy (non-hydrogen) atoms. The highest BCUT2D eigenvalue weighted by Gasteiger charge is 2.43. The van der Waals surface area contributed by atoms with Gasteiger partial charge in [0, 0.05) is 39.5 Å². The van der Waals surface area contributed by atoms with E-state index in [0.717, 1.165) is 31.5 Å². The Morgan fingerprint density at radius 1 is 1.25 bits per heavy atom. The SMILES string of the molecule is COCCc1noc(CN2CCC3(CC2)C[C@H](O)C[C@H](c2ccccc2)O3)n1. The van der Waals surface area contributed by atoms with Gasteiger partial charge in [-0.1, -0.05) is 35.5 Å². The number of ether oxygens (including phenoxy) is 2. The zero-order valence-corrected chi connectivity index (χ0v) is 16.4. The van der Waals surface area contributed by atoms with Crippen LogP contribution in [-0.4, -0.2) is 58.7 Å². The van der Waals surface area contributed by atoms with Crippen LogP contribution in [0.2, 0.25) is 0 Å². The predicted octanol–water partition coefficient (Wildman–Crippen LogP) is 2.51. The summed E-state index contributed by atoms with van der Waals surface area (Å²) in [5, 5.41) is 14.5. The number of aliphatic hydroxyl groups is 1. The third kappa shape index (κ3) is 4.60. The van der Waals surface area contributed by atoms with Crippen molar-refractivity contribution >= 4 is 0 Å². The lowest BCUT2D eigenvalue weighted by Gasteiger charge is -2.47. The van der Waals surface area contributed by atoms with Crippen LogP contribution < -0.4 is 0 Å². The molecule has 0 aliphatic carbocycles. The third-order valence-electron chi connectivity index (χ3n) is 5.82. The summed E-state index contributed by atoms with van der Waals surface area (Å²) in [7, 11) is 1.66. The summed E-state index contributed by atoms with van der Waals surface area (Å²) in [6.07, 6.45) is 3.50. The van der Waals surface area contributed by atoms with Gasteiger partial charge in [0.25, 0.3) is 0 Å². The van der Waals surface area contributed by atoms with Crippen molar-refractivity contribution in [3.63, 3.8) is 0 Å². The minimum absolute atomic E-state index is 0.0317. The van der Waals surface area contributed by atoms with Crippen LogP contribution in [0.1, 0.15) is 49.1 Å². The molecule has 0 unspecified atom stereocenters. The average molecular weight is 387 g/mol. The molecule has 3 heterocycles. The Hall–Kier alpha value is -1.80. The smallest absolute Gasteiger partial charge is 0.240 e. The van der Waals surface area contributed by atoms with E-state index in [1.165, 1.54) is 0 Å². The second kappa shape index (κ2) is 8.69. The molecule has 0 bridgehead atoms. The highest BCUT2D eigenvalue weighted by Crippen LogP contribution is 2.43. The predicted molar refractivity (Wildman–Crippen MR) is 103 cm³/mol. The Bertz CT molecular complexity index is 743. The summed E-state index contributed by atoms with van der Waals surface area (Å²) in [5.74, 6) is 1.34. The highest BCUT2D eigenvalue weighted by atomic mass is 16.5. The van der Waals surface area contributed by atoms with Crippen LogP contribution in [0.4, 0.5) is 0 Å². The van der Waals surface area contributed by atoms with Gasteiger partial charge in [-0.25, -0.2) is 0 Å². The molecule has 2 saturated heterocycles. The van der Waals surface area contributed by atoms with Crippen LogP contribution >= 0.6 is 0 Å². The van der Waals surface area contributed by atoms with E-state index in [2.05, 4.69) is 27.2 Å². The van der Waals surface area contributed by atoms with Crippen LogP contribution in [0.25, 0.3) is 0 Å². The first-order chi connectivity index (χ1) is 13.7. The molecule has 2 aliphatic heterocycles. The van der Waals surface area contributed by atoms with Gasteiger partial charge in [-0.05, 0) is 18.4 Å². The monoisotopic (exact) mass is 387 g/mol. The number of likely N-dealkylation sites (tertiary alicyclic amines) is 1. The molecule has 1 spiro atoms. The molecule has 0 amide bonds. The van der Waals surface area contributed by atoms with Gasteiger partial charge in [-0.15, -0.1) is 0 Å². The lowest BCUT2D eigenvalue weighted by atomic mass is 9.81. The summed E-state index contributed by atoms with van der Waals surface area (Å²) in [5.41, 5.74) is 0.908. The summed E-state index contributed by atoms with van der Waals surface area (Å²) < 4.78 is 17.0. The maximum atomic E-state index is 10.5. The number of hydrogen-bond donors (Lipinski definition) is 1. The Morgan fingerprint density at radius 2 is 2.04 bits per heavy atom. The Balaban J connectivity index is 1.34. The Labute approximate surface area is 165 Å². The molecule has 1 N–H and O–H groups in total. The number of rotatable bonds is 6. The summed E-state index contributed by atoms with van der Waals surface area (Å²) >= 11 is 0. The van der Waals surface area contributed by atoms with E-state index in [1.807, 2.05) is 18.2 Å². The summed E-state index contributed by atoms with van der Waals surface area (Å²) in [6, 6.07) is 10.2. The number of piperidine rings is 1. The maximum Gasteiger partial charge on any atom is 0.240 e. The number of hydrogen-bond acceptors (Lipinski definition) is 7. The number of methoxy groups -OCH3 is 1. The van der Waals surface area contributed by atoms with Crippen molar-refractivity contribution in [2.75, 3.05) is 26.8 Å². The van der Waals surface area contributed by atoms with Gasteiger partial charge in [0.1, 0.15) is 0 Å². The topological polar surface area (TPSA) is 80.9 Å². The zero-order valence-electron chi connectivity index (χ0n) is 16.4. The highest BCUT2D eigenvalue weighted by molar-refractivity contribution is 5.19. The third-order valence-corrected chi connectivity index (χ3v) is 5.82. The van der Waals surface area contributed by atoms with E-state index in [4.69, 9.17) is 14.0 Å². The van der Waals surface area contributed by atoms with Crippen molar-refractivity contribution in [1.82, 2.24) is 15.0 Å². The molecule has 2 fully saturated rings. The lowest BCUT2D eigenvalue weighted by Crippen LogP contribution is -2.50. The number of aliphatic hydroxyl groups excluding tert-OH is 1. The normalized spacial score (nSPS) is 25.2. The number of benzene rings is 1. The van der Waals surface area contributed by atoms with E-state index >= 15 is 0 Å². The van der Waals surface area contributed by atoms with Gasteiger partial charge < -0.3 is 19.1 Å². The minimum Gasteiger partial charge on any atom is -0.393 e. The van der Waals surface area contributed by atoms with E-state index in [-0.39, 0.29) is 17.8 Å². The van der Waals surface area contributed by atoms with E-state index in [1.54, 1.807) is 7.11 Å². The van der Waals surface area contributed by atoms with Crippen molar-refractivity contribution in [3.8, 4) is 0 Å². The molecule has 2 atom stereocenters. The molecule has 152 valence electrons. The van der Waals surface area contributed by atoms with Crippen LogP contribution in [0.15, 0.2) is 34.9 Å². The Morgan fingerprint density at radius 3 is 2.79 bits per heavy atom. The van der Waals surface area contributed by atoms with Gasteiger partial charge in [0.05, 0.1) is 31.0 Å². The number of nitrogens with zero attached hydrogens (tertiary/aromatic N) is 3.